The van der Waals surface area contributed by atoms with Gasteiger partial charge in [-0.25, -0.2) is 0 Å². The zero-order chi connectivity index (χ0) is 22.5. The Kier molecular flexibility index (Phi) is 10.1. The Bertz CT molecular complexity index is 975. The largest absolute Gasteiger partial charge is 0.466 e. The van der Waals surface area contributed by atoms with Crippen molar-refractivity contribution in [3.63, 3.8) is 0 Å². The lowest BCUT2D eigenvalue weighted by Gasteiger charge is -2.07. The molecule has 0 spiro atoms. The molecule has 8 nitrogen and oxygen atoms in total. The number of rotatable bonds is 13. The van der Waals surface area contributed by atoms with E-state index >= 15 is 0 Å². The lowest BCUT2D eigenvalue weighted by molar-refractivity contribution is -0.143. The number of hydrogen-bond acceptors (Lipinski definition) is 8. The second-order valence-electron chi connectivity index (χ2n) is 6.79. The molecule has 1 heterocycles. The van der Waals surface area contributed by atoms with Gasteiger partial charge in [0.15, 0.2) is 0 Å². The van der Waals surface area contributed by atoms with Gasteiger partial charge in [0, 0.05) is 23.7 Å². The van der Waals surface area contributed by atoms with Crippen LogP contribution >= 0.6 is 0 Å². The van der Waals surface area contributed by atoms with Crippen molar-refractivity contribution in [2.75, 3.05) is 19.5 Å². The molecular weight excluding hydrogens is 420 g/mol. The topological polar surface area (TPSA) is 104 Å². The van der Waals surface area contributed by atoms with E-state index in [1.807, 2.05) is 24.3 Å². The number of nitrogens with zero attached hydrogens (tertiary/aromatic N) is 2. The number of carbonyl (C=O) groups is 1. The molecule has 0 amide bonds. The first-order valence-corrected chi connectivity index (χ1v) is 11.9. The molecule has 0 bridgehead atoms. The predicted octanol–water partition coefficient (Wildman–Crippen LogP) is 3.70. The fraction of sp³-hybridized carbons (Fsp3) is 0.409. The summed E-state index contributed by atoms with van der Waals surface area (Å²) in [6.07, 6.45) is 7.12. The van der Waals surface area contributed by atoms with Gasteiger partial charge in [-0.2, -0.15) is 8.42 Å². The number of hydrogen-bond donors (Lipinski definition) is 0. The third-order valence-corrected chi connectivity index (χ3v) is 4.71. The van der Waals surface area contributed by atoms with Gasteiger partial charge in [-0.3, -0.25) is 14.0 Å². The molecule has 0 atom stereocenters. The van der Waals surface area contributed by atoms with Crippen molar-refractivity contribution in [2.24, 2.45) is 5.16 Å². The van der Waals surface area contributed by atoms with Crippen molar-refractivity contribution in [2.45, 2.75) is 39.2 Å². The van der Waals surface area contributed by atoms with Crippen molar-refractivity contribution in [1.29, 1.82) is 0 Å². The summed E-state index contributed by atoms with van der Waals surface area (Å²) in [6, 6.07) is 11.0. The number of benzene rings is 1. The van der Waals surface area contributed by atoms with Crippen LogP contribution in [0.5, 0.6) is 0 Å². The van der Waals surface area contributed by atoms with Crippen LogP contribution in [0, 0.1) is 0 Å². The van der Waals surface area contributed by atoms with Crippen LogP contribution in [-0.4, -0.2) is 45.1 Å². The summed E-state index contributed by atoms with van der Waals surface area (Å²) < 4.78 is 32.2. The minimum Gasteiger partial charge on any atom is -0.466 e. The number of unbranched alkanes of at least 4 members (excludes halogenated alkanes) is 2. The first kappa shape index (κ1) is 24.5. The van der Waals surface area contributed by atoms with Gasteiger partial charge in [-0.1, -0.05) is 23.4 Å². The molecule has 0 N–H and O–H groups in total. The first-order chi connectivity index (χ1) is 14.9. The Hall–Kier alpha value is -2.78. The van der Waals surface area contributed by atoms with Crippen LogP contribution < -0.4 is 0 Å². The highest BCUT2D eigenvalue weighted by Gasteiger charge is 2.08. The molecule has 1 aromatic heterocycles. The standard InChI is InChI=1S/C22H28N2O6S/c1-3-28-21(25)12-5-4-6-14-29-24-16-20-11-8-13-23-22(20)19-10-7-9-18(15-19)17-30-31(2,26)27/h7-11,13,15-16H,3-6,12,14,17H2,1-2H3. The third kappa shape index (κ3) is 9.71. The van der Waals surface area contributed by atoms with E-state index < -0.39 is 10.1 Å². The van der Waals surface area contributed by atoms with E-state index in [0.29, 0.717) is 25.3 Å². The molecule has 0 unspecified atom stereocenters. The van der Waals surface area contributed by atoms with Gasteiger partial charge in [0.25, 0.3) is 10.1 Å². The average molecular weight is 449 g/mol. The third-order valence-electron chi connectivity index (χ3n) is 4.17. The van der Waals surface area contributed by atoms with E-state index in [4.69, 9.17) is 13.8 Å². The summed E-state index contributed by atoms with van der Waals surface area (Å²) in [4.78, 5) is 21.0. The van der Waals surface area contributed by atoms with Crippen LogP contribution in [-0.2, 0) is 35.3 Å². The molecule has 9 heteroatoms. The van der Waals surface area contributed by atoms with Crippen LogP contribution in [0.2, 0.25) is 0 Å². The van der Waals surface area contributed by atoms with Crippen molar-refractivity contribution < 1.29 is 27.0 Å². The Morgan fingerprint density at radius 3 is 2.77 bits per heavy atom. The number of esters is 1. The van der Waals surface area contributed by atoms with Crippen molar-refractivity contribution in [3.8, 4) is 11.3 Å². The van der Waals surface area contributed by atoms with Gasteiger partial charge in [0.05, 0.1) is 31.4 Å². The molecule has 0 aliphatic carbocycles. The zero-order valence-electron chi connectivity index (χ0n) is 17.8. The Labute approximate surface area is 183 Å². The van der Waals surface area contributed by atoms with Gasteiger partial charge in [-0.05, 0) is 49.9 Å². The summed E-state index contributed by atoms with van der Waals surface area (Å²) in [6.45, 7) is 2.61. The lowest BCUT2D eigenvalue weighted by Crippen LogP contribution is -2.03. The van der Waals surface area contributed by atoms with Crippen molar-refractivity contribution >= 4 is 22.3 Å². The summed E-state index contributed by atoms with van der Waals surface area (Å²) in [5.41, 5.74) is 3.00. The molecule has 2 rings (SSSR count). The smallest absolute Gasteiger partial charge is 0.305 e. The quantitative estimate of drug-likeness (QED) is 0.151. The van der Waals surface area contributed by atoms with Crippen LogP contribution in [0.15, 0.2) is 47.8 Å². The SMILES string of the molecule is CCOC(=O)CCCCCON=Cc1cccnc1-c1cccc(COS(C)(=O)=O)c1. The van der Waals surface area contributed by atoms with E-state index in [1.165, 1.54) is 0 Å². The first-order valence-electron chi connectivity index (χ1n) is 10.1. The molecule has 0 saturated heterocycles. The summed E-state index contributed by atoms with van der Waals surface area (Å²) in [5, 5.41) is 4.02. The Balaban J connectivity index is 1.89. The number of carbonyl (C=O) groups excluding carboxylic acids is 1. The average Bonchev–Trinajstić information content (AvgIpc) is 2.74. The van der Waals surface area contributed by atoms with Gasteiger partial charge in [0.2, 0.25) is 0 Å². The molecule has 0 fully saturated rings. The number of aromatic nitrogens is 1. The van der Waals surface area contributed by atoms with Crippen LogP contribution in [0.4, 0.5) is 0 Å². The second-order valence-corrected chi connectivity index (χ2v) is 8.44. The molecular formula is C22H28N2O6S. The van der Waals surface area contributed by atoms with Gasteiger partial charge in [-0.15, -0.1) is 0 Å². The highest BCUT2D eigenvalue weighted by atomic mass is 32.2. The maximum atomic E-state index is 11.3. The fourth-order valence-corrected chi connectivity index (χ4v) is 3.09. The molecule has 1 aromatic carbocycles. The normalized spacial score (nSPS) is 11.5. The van der Waals surface area contributed by atoms with Crippen LogP contribution in [0.25, 0.3) is 11.3 Å². The highest BCUT2D eigenvalue weighted by Crippen LogP contribution is 2.22. The minimum absolute atomic E-state index is 0.0395. The summed E-state index contributed by atoms with van der Waals surface area (Å²) >= 11 is 0. The van der Waals surface area contributed by atoms with Crippen LogP contribution in [0.1, 0.15) is 43.7 Å². The number of oxime groups is 1. The maximum Gasteiger partial charge on any atom is 0.305 e. The van der Waals surface area contributed by atoms with E-state index in [-0.39, 0.29) is 12.6 Å². The lowest BCUT2D eigenvalue weighted by atomic mass is 10.0. The number of pyridine rings is 1. The Morgan fingerprint density at radius 2 is 2.00 bits per heavy atom. The zero-order valence-corrected chi connectivity index (χ0v) is 18.6. The molecule has 168 valence electrons. The minimum atomic E-state index is -3.51. The highest BCUT2D eigenvalue weighted by molar-refractivity contribution is 7.85. The van der Waals surface area contributed by atoms with Gasteiger partial charge in [0.1, 0.15) is 6.61 Å². The molecule has 0 aliphatic heterocycles. The summed E-state index contributed by atoms with van der Waals surface area (Å²) in [5.74, 6) is -0.169. The van der Waals surface area contributed by atoms with E-state index in [1.54, 1.807) is 31.5 Å². The molecule has 2 aromatic rings. The predicted molar refractivity (Wildman–Crippen MR) is 118 cm³/mol. The van der Waals surface area contributed by atoms with Crippen molar-refractivity contribution in [3.05, 3.63) is 53.7 Å². The molecule has 0 saturated carbocycles. The van der Waals surface area contributed by atoms with E-state index in [0.717, 1.165) is 42.2 Å². The van der Waals surface area contributed by atoms with Crippen molar-refractivity contribution in [1.82, 2.24) is 4.98 Å². The van der Waals surface area contributed by atoms with E-state index in [2.05, 4.69) is 10.1 Å². The summed E-state index contributed by atoms with van der Waals surface area (Å²) in [7, 11) is -3.51. The second kappa shape index (κ2) is 12.8. The van der Waals surface area contributed by atoms with E-state index in [9.17, 15) is 13.2 Å². The van der Waals surface area contributed by atoms with Gasteiger partial charge < -0.3 is 9.57 Å². The van der Waals surface area contributed by atoms with Gasteiger partial charge >= 0.3 is 5.97 Å². The molecule has 0 aliphatic rings. The Morgan fingerprint density at radius 1 is 1.16 bits per heavy atom. The molecule has 31 heavy (non-hydrogen) atoms. The maximum absolute atomic E-state index is 11.3. The molecule has 0 radical (unpaired) electrons. The van der Waals surface area contributed by atoms with Crippen LogP contribution in [0.3, 0.4) is 0 Å². The monoisotopic (exact) mass is 448 g/mol. The fourth-order valence-electron chi connectivity index (χ4n) is 2.74. The number of ether oxygens (including phenoxy) is 1.